The van der Waals surface area contributed by atoms with Gasteiger partial charge in [0, 0.05) is 30.8 Å². The average Bonchev–Trinajstić information content (AvgIpc) is 3.12. The molecule has 3 heterocycles. The van der Waals surface area contributed by atoms with Crippen molar-refractivity contribution in [2.24, 2.45) is 0 Å². The zero-order chi connectivity index (χ0) is 18.6. The Kier molecular flexibility index (Phi) is 4.77. The van der Waals surface area contributed by atoms with E-state index in [0.29, 0.717) is 0 Å². The lowest BCUT2D eigenvalue weighted by Gasteiger charge is -2.14. The summed E-state index contributed by atoms with van der Waals surface area (Å²) in [6.07, 6.45) is 6.91. The van der Waals surface area contributed by atoms with Crippen LogP contribution in [0.3, 0.4) is 0 Å². The SMILES string of the molecule is C=Cc1cc(Nc2ncnc3c2CN(Cc2ccccc2)C3)cnc1C=C. The number of benzene rings is 1. The van der Waals surface area contributed by atoms with Crippen LogP contribution in [0.2, 0.25) is 0 Å². The van der Waals surface area contributed by atoms with Gasteiger partial charge in [0.15, 0.2) is 0 Å². The molecule has 134 valence electrons. The molecule has 5 heteroatoms. The van der Waals surface area contributed by atoms with Gasteiger partial charge in [0.05, 0.1) is 23.3 Å². The average molecular weight is 355 g/mol. The predicted octanol–water partition coefficient (Wildman–Crippen LogP) is 4.42. The summed E-state index contributed by atoms with van der Waals surface area (Å²) < 4.78 is 0. The molecule has 0 saturated carbocycles. The van der Waals surface area contributed by atoms with Gasteiger partial charge in [-0.05, 0) is 17.7 Å². The van der Waals surface area contributed by atoms with Crippen LogP contribution in [0.15, 0.2) is 62.1 Å². The maximum Gasteiger partial charge on any atom is 0.138 e. The van der Waals surface area contributed by atoms with Crippen LogP contribution in [0.4, 0.5) is 11.5 Å². The summed E-state index contributed by atoms with van der Waals surface area (Å²) in [7, 11) is 0. The van der Waals surface area contributed by atoms with E-state index in [-0.39, 0.29) is 0 Å². The molecule has 0 fully saturated rings. The Labute approximate surface area is 159 Å². The molecular weight excluding hydrogens is 334 g/mol. The van der Waals surface area contributed by atoms with Gasteiger partial charge in [0.25, 0.3) is 0 Å². The molecule has 0 saturated heterocycles. The van der Waals surface area contributed by atoms with E-state index in [1.54, 1.807) is 24.7 Å². The fraction of sp³-hybridized carbons (Fsp3) is 0.136. The van der Waals surface area contributed by atoms with Crippen LogP contribution in [0.25, 0.3) is 12.2 Å². The fourth-order valence-electron chi connectivity index (χ4n) is 3.34. The third-order valence-electron chi connectivity index (χ3n) is 4.66. The molecule has 0 atom stereocenters. The third-order valence-corrected chi connectivity index (χ3v) is 4.66. The van der Waals surface area contributed by atoms with Crippen LogP contribution in [-0.2, 0) is 19.6 Å². The first-order valence-corrected chi connectivity index (χ1v) is 8.88. The minimum Gasteiger partial charge on any atom is -0.339 e. The zero-order valence-electron chi connectivity index (χ0n) is 15.1. The lowest BCUT2D eigenvalue weighted by Crippen LogP contribution is -2.15. The second-order valence-electron chi connectivity index (χ2n) is 6.51. The summed E-state index contributed by atoms with van der Waals surface area (Å²) in [5.41, 5.74) is 6.14. The second kappa shape index (κ2) is 7.51. The summed E-state index contributed by atoms with van der Waals surface area (Å²) in [6, 6.07) is 12.5. The molecule has 4 rings (SSSR count). The molecule has 1 aliphatic heterocycles. The smallest absolute Gasteiger partial charge is 0.138 e. The van der Waals surface area contributed by atoms with Crippen molar-refractivity contribution >= 4 is 23.7 Å². The molecule has 0 radical (unpaired) electrons. The van der Waals surface area contributed by atoms with Gasteiger partial charge in [-0.2, -0.15) is 0 Å². The van der Waals surface area contributed by atoms with Gasteiger partial charge >= 0.3 is 0 Å². The maximum absolute atomic E-state index is 4.48. The highest BCUT2D eigenvalue weighted by atomic mass is 15.2. The Morgan fingerprint density at radius 3 is 2.67 bits per heavy atom. The highest BCUT2D eigenvalue weighted by Crippen LogP contribution is 2.29. The third kappa shape index (κ3) is 3.64. The number of hydrogen-bond acceptors (Lipinski definition) is 5. The van der Waals surface area contributed by atoms with E-state index >= 15 is 0 Å². The standard InChI is InChI=1S/C22H21N5/c1-3-17-10-18(11-23-20(17)4-2)26-22-19-13-27(14-21(19)24-15-25-22)12-16-8-6-5-7-9-16/h3-11,15H,1-2,12-14H2,(H,24,25,26). The van der Waals surface area contributed by atoms with Gasteiger partial charge in [-0.25, -0.2) is 9.97 Å². The summed E-state index contributed by atoms with van der Waals surface area (Å²) >= 11 is 0. The van der Waals surface area contributed by atoms with Crippen LogP contribution in [0.5, 0.6) is 0 Å². The number of nitrogens with one attached hydrogen (secondary N) is 1. The Balaban J connectivity index is 1.55. The quantitative estimate of drug-likeness (QED) is 0.709. The first kappa shape index (κ1) is 17.1. The summed E-state index contributed by atoms with van der Waals surface area (Å²) in [6.45, 7) is 10.2. The van der Waals surface area contributed by atoms with Crippen LogP contribution < -0.4 is 5.32 Å². The molecule has 0 spiro atoms. The Morgan fingerprint density at radius 1 is 1.04 bits per heavy atom. The monoisotopic (exact) mass is 355 g/mol. The van der Waals surface area contributed by atoms with Crippen molar-refractivity contribution in [2.75, 3.05) is 5.32 Å². The maximum atomic E-state index is 4.48. The van der Waals surface area contributed by atoms with E-state index in [0.717, 1.165) is 53.7 Å². The molecule has 0 amide bonds. The molecule has 3 aromatic rings. The van der Waals surface area contributed by atoms with Crippen LogP contribution >= 0.6 is 0 Å². The van der Waals surface area contributed by atoms with Gasteiger partial charge < -0.3 is 5.32 Å². The van der Waals surface area contributed by atoms with Gasteiger partial charge in [0.1, 0.15) is 12.1 Å². The molecule has 2 aromatic heterocycles. The molecule has 1 aliphatic rings. The van der Waals surface area contributed by atoms with E-state index < -0.39 is 0 Å². The molecule has 27 heavy (non-hydrogen) atoms. The highest BCUT2D eigenvalue weighted by molar-refractivity contribution is 5.68. The lowest BCUT2D eigenvalue weighted by atomic mass is 10.1. The number of aromatic nitrogens is 3. The summed E-state index contributed by atoms with van der Waals surface area (Å²) in [4.78, 5) is 15.7. The van der Waals surface area contributed by atoms with Gasteiger partial charge in [-0.15, -0.1) is 0 Å². The number of fused-ring (bicyclic) bond motifs is 1. The number of pyridine rings is 1. The van der Waals surface area contributed by atoms with Crippen LogP contribution in [0, 0.1) is 0 Å². The van der Waals surface area contributed by atoms with E-state index in [9.17, 15) is 0 Å². The first-order valence-electron chi connectivity index (χ1n) is 8.88. The van der Waals surface area contributed by atoms with Crippen molar-refractivity contribution in [3.8, 4) is 0 Å². The van der Waals surface area contributed by atoms with Crippen molar-refractivity contribution in [2.45, 2.75) is 19.6 Å². The van der Waals surface area contributed by atoms with E-state index in [2.05, 4.69) is 62.6 Å². The predicted molar refractivity (Wildman–Crippen MR) is 109 cm³/mol. The molecular formula is C22H21N5. The molecule has 5 nitrogen and oxygen atoms in total. The minimum absolute atomic E-state index is 0.817. The van der Waals surface area contributed by atoms with Crippen molar-refractivity contribution in [3.63, 3.8) is 0 Å². The summed E-state index contributed by atoms with van der Waals surface area (Å²) in [5.74, 6) is 0.832. The van der Waals surface area contributed by atoms with E-state index in [4.69, 9.17) is 0 Å². The van der Waals surface area contributed by atoms with Gasteiger partial charge in [-0.3, -0.25) is 9.88 Å². The lowest BCUT2D eigenvalue weighted by molar-refractivity contribution is 0.274. The van der Waals surface area contributed by atoms with Crippen molar-refractivity contribution in [1.82, 2.24) is 19.9 Å². The van der Waals surface area contributed by atoms with Crippen molar-refractivity contribution in [3.05, 3.63) is 90.2 Å². The number of hydrogen-bond donors (Lipinski definition) is 1. The van der Waals surface area contributed by atoms with Crippen LogP contribution in [-0.4, -0.2) is 19.9 Å². The molecule has 1 N–H and O–H groups in total. The molecule has 0 unspecified atom stereocenters. The van der Waals surface area contributed by atoms with Crippen molar-refractivity contribution in [1.29, 1.82) is 0 Å². The number of anilines is 2. The largest absolute Gasteiger partial charge is 0.339 e. The van der Waals surface area contributed by atoms with Gasteiger partial charge in [-0.1, -0.05) is 49.6 Å². The normalized spacial score (nSPS) is 13.2. The Bertz CT molecular complexity index is 981. The summed E-state index contributed by atoms with van der Waals surface area (Å²) in [5, 5.41) is 3.39. The fourth-order valence-corrected chi connectivity index (χ4v) is 3.34. The number of nitrogens with zero attached hydrogens (tertiary/aromatic N) is 4. The van der Waals surface area contributed by atoms with Crippen LogP contribution in [0.1, 0.15) is 28.1 Å². The Hall–Kier alpha value is -3.31. The van der Waals surface area contributed by atoms with Gasteiger partial charge in [0.2, 0.25) is 0 Å². The topological polar surface area (TPSA) is 53.9 Å². The minimum atomic E-state index is 0.817. The second-order valence-corrected chi connectivity index (χ2v) is 6.51. The Morgan fingerprint density at radius 2 is 1.89 bits per heavy atom. The van der Waals surface area contributed by atoms with E-state index in [1.165, 1.54) is 5.56 Å². The molecule has 0 aliphatic carbocycles. The van der Waals surface area contributed by atoms with Crippen molar-refractivity contribution < 1.29 is 0 Å². The highest BCUT2D eigenvalue weighted by Gasteiger charge is 2.24. The zero-order valence-corrected chi connectivity index (χ0v) is 15.1. The number of rotatable bonds is 6. The first-order chi connectivity index (χ1) is 13.3. The van der Waals surface area contributed by atoms with E-state index in [1.807, 2.05) is 12.1 Å². The molecule has 1 aromatic carbocycles. The molecule has 0 bridgehead atoms.